The van der Waals surface area contributed by atoms with Gasteiger partial charge in [0.05, 0.1) is 5.02 Å². The van der Waals surface area contributed by atoms with Crippen LogP contribution in [0.3, 0.4) is 0 Å². The molecule has 1 aliphatic rings. The highest BCUT2D eigenvalue weighted by Gasteiger charge is 2.28. The van der Waals surface area contributed by atoms with Crippen molar-refractivity contribution in [2.75, 3.05) is 7.05 Å². The minimum Gasteiger partial charge on any atom is -0.454 e. The standard InChI is InChI=1S/C28H20ClN3O/c1-32-27(18-10-4-2-5-11-18)30-26(31-28(32)19-12-6-3-7-13-19)21-16-17-22(29)25-24(21)20-14-8-9-15-23(20)33-25/h2-17,27H,1H3. The molecule has 0 saturated heterocycles. The first-order valence-corrected chi connectivity index (χ1v) is 11.2. The second-order valence-electron chi connectivity index (χ2n) is 8.05. The predicted molar refractivity (Wildman–Crippen MR) is 135 cm³/mol. The fourth-order valence-electron chi connectivity index (χ4n) is 4.42. The number of fused-ring (bicyclic) bond motifs is 3. The van der Waals surface area contributed by atoms with Gasteiger partial charge in [-0.1, -0.05) is 90.5 Å². The SMILES string of the molecule is CN1C(c2ccccc2)=NC(c2ccc(Cl)c3oc4ccccc4c23)=NC1c1ccccc1. The molecule has 2 heterocycles. The second-order valence-corrected chi connectivity index (χ2v) is 8.45. The summed E-state index contributed by atoms with van der Waals surface area (Å²) in [7, 11) is 2.04. The summed E-state index contributed by atoms with van der Waals surface area (Å²) < 4.78 is 6.11. The van der Waals surface area contributed by atoms with E-state index < -0.39 is 0 Å². The summed E-state index contributed by atoms with van der Waals surface area (Å²) >= 11 is 6.53. The first-order chi connectivity index (χ1) is 16.2. The number of hydrogen-bond donors (Lipinski definition) is 0. The van der Waals surface area contributed by atoms with Crippen molar-refractivity contribution in [1.82, 2.24) is 4.90 Å². The van der Waals surface area contributed by atoms with Crippen molar-refractivity contribution < 1.29 is 4.42 Å². The zero-order valence-corrected chi connectivity index (χ0v) is 18.7. The van der Waals surface area contributed by atoms with E-state index in [-0.39, 0.29) is 6.17 Å². The number of furan rings is 1. The predicted octanol–water partition coefficient (Wildman–Crippen LogP) is 7.08. The number of aliphatic imine (C=N–C) groups is 2. The van der Waals surface area contributed by atoms with Gasteiger partial charge < -0.3 is 9.32 Å². The number of nitrogens with zero attached hydrogens (tertiary/aromatic N) is 3. The summed E-state index contributed by atoms with van der Waals surface area (Å²) in [5.74, 6) is 1.53. The molecule has 0 bridgehead atoms. The van der Waals surface area contributed by atoms with Crippen LogP contribution in [-0.4, -0.2) is 23.6 Å². The summed E-state index contributed by atoms with van der Waals surface area (Å²) in [5, 5.41) is 2.51. The lowest BCUT2D eigenvalue weighted by Gasteiger charge is -2.32. The Labute approximate surface area is 196 Å². The molecule has 1 atom stereocenters. The van der Waals surface area contributed by atoms with Crippen molar-refractivity contribution in [2.24, 2.45) is 9.98 Å². The van der Waals surface area contributed by atoms with Crippen LogP contribution in [0.25, 0.3) is 21.9 Å². The normalized spacial score (nSPS) is 16.2. The van der Waals surface area contributed by atoms with Gasteiger partial charge in [-0.15, -0.1) is 0 Å². The molecule has 0 radical (unpaired) electrons. The van der Waals surface area contributed by atoms with Crippen LogP contribution in [0.15, 0.2) is 111 Å². The molecule has 0 saturated carbocycles. The Balaban J connectivity index is 1.62. The van der Waals surface area contributed by atoms with Crippen molar-refractivity contribution in [3.8, 4) is 0 Å². The van der Waals surface area contributed by atoms with E-state index in [1.807, 2.05) is 79.8 Å². The molecule has 1 aromatic heterocycles. The minimum atomic E-state index is -0.210. The number of halogens is 1. The highest BCUT2D eigenvalue weighted by molar-refractivity contribution is 6.37. The smallest absolute Gasteiger partial charge is 0.160 e. The van der Waals surface area contributed by atoms with Crippen LogP contribution in [0.1, 0.15) is 22.9 Å². The van der Waals surface area contributed by atoms with Crippen LogP contribution < -0.4 is 0 Å². The van der Waals surface area contributed by atoms with Gasteiger partial charge in [0, 0.05) is 28.9 Å². The zero-order chi connectivity index (χ0) is 22.4. The molecule has 0 amide bonds. The van der Waals surface area contributed by atoms with Gasteiger partial charge >= 0.3 is 0 Å². The molecule has 5 aromatic rings. The van der Waals surface area contributed by atoms with E-state index in [9.17, 15) is 0 Å². The van der Waals surface area contributed by atoms with E-state index in [2.05, 4.69) is 29.2 Å². The van der Waals surface area contributed by atoms with Crippen LogP contribution in [0.2, 0.25) is 5.02 Å². The fourth-order valence-corrected chi connectivity index (χ4v) is 4.61. The molecule has 6 rings (SSSR count). The van der Waals surface area contributed by atoms with Crippen molar-refractivity contribution in [3.05, 3.63) is 119 Å². The van der Waals surface area contributed by atoms with E-state index in [1.165, 1.54) is 0 Å². The van der Waals surface area contributed by atoms with E-state index in [0.717, 1.165) is 38.9 Å². The van der Waals surface area contributed by atoms with Crippen LogP contribution in [-0.2, 0) is 0 Å². The van der Waals surface area contributed by atoms with Crippen LogP contribution in [0.4, 0.5) is 0 Å². The summed E-state index contributed by atoms with van der Waals surface area (Å²) in [6.07, 6.45) is -0.210. The van der Waals surface area contributed by atoms with Gasteiger partial charge in [-0.2, -0.15) is 0 Å². The lowest BCUT2D eigenvalue weighted by Crippen LogP contribution is -2.35. The third kappa shape index (κ3) is 3.31. The number of benzene rings is 4. The molecule has 5 heteroatoms. The first-order valence-electron chi connectivity index (χ1n) is 10.8. The van der Waals surface area contributed by atoms with Gasteiger partial charge in [0.1, 0.15) is 17.6 Å². The lowest BCUT2D eigenvalue weighted by atomic mass is 10.0. The highest BCUT2D eigenvalue weighted by atomic mass is 35.5. The Hall–Kier alpha value is -3.89. The first kappa shape index (κ1) is 19.8. The van der Waals surface area contributed by atoms with Gasteiger partial charge in [-0.25, -0.2) is 9.98 Å². The number of hydrogen-bond acceptors (Lipinski definition) is 4. The molecule has 0 aliphatic carbocycles. The van der Waals surface area contributed by atoms with Gasteiger partial charge in [-0.3, -0.25) is 0 Å². The Morgan fingerprint density at radius 1 is 0.818 bits per heavy atom. The molecule has 0 spiro atoms. The molecule has 33 heavy (non-hydrogen) atoms. The van der Waals surface area contributed by atoms with Crippen LogP contribution in [0, 0.1) is 0 Å². The molecule has 4 nitrogen and oxygen atoms in total. The van der Waals surface area contributed by atoms with Crippen molar-refractivity contribution >= 4 is 45.2 Å². The van der Waals surface area contributed by atoms with E-state index >= 15 is 0 Å². The quantitative estimate of drug-likeness (QED) is 0.295. The highest BCUT2D eigenvalue weighted by Crippen LogP contribution is 2.37. The average molecular weight is 450 g/mol. The Bertz CT molecular complexity index is 1540. The lowest BCUT2D eigenvalue weighted by molar-refractivity contribution is 0.383. The molecule has 1 unspecified atom stereocenters. The number of amidine groups is 2. The maximum absolute atomic E-state index is 6.53. The number of para-hydroxylation sites is 1. The Morgan fingerprint density at radius 2 is 1.52 bits per heavy atom. The van der Waals surface area contributed by atoms with Crippen molar-refractivity contribution in [1.29, 1.82) is 0 Å². The monoisotopic (exact) mass is 449 g/mol. The molecular weight excluding hydrogens is 430 g/mol. The van der Waals surface area contributed by atoms with Gasteiger partial charge in [0.2, 0.25) is 0 Å². The molecular formula is C28H20ClN3O. The Kier molecular flexibility index (Phi) is 4.74. The molecule has 1 aliphatic heterocycles. The average Bonchev–Trinajstić information content (AvgIpc) is 3.26. The molecule has 0 fully saturated rings. The maximum Gasteiger partial charge on any atom is 0.160 e. The molecule has 0 N–H and O–H groups in total. The van der Waals surface area contributed by atoms with Crippen molar-refractivity contribution in [3.63, 3.8) is 0 Å². The fraction of sp³-hybridized carbons (Fsp3) is 0.0714. The van der Waals surface area contributed by atoms with Crippen LogP contribution >= 0.6 is 11.6 Å². The van der Waals surface area contributed by atoms with E-state index in [4.69, 9.17) is 26.0 Å². The summed E-state index contributed by atoms with van der Waals surface area (Å²) in [6, 6.07) is 32.3. The third-order valence-electron chi connectivity index (χ3n) is 6.01. The Morgan fingerprint density at radius 3 is 2.30 bits per heavy atom. The van der Waals surface area contributed by atoms with E-state index in [1.54, 1.807) is 0 Å². The number of rotatable bonds is 3. The topological polar surface area (TPSA) is 41.1 Å². The van der Waals surface area contributed by atoms with E-state index in [0.29, 0.717) is 16.4 Å². The summed E-state index contributed by atoms with van der Waals surface area (Å²) in [6.45, 7) is 0. The van der Waals surface area contributed by atoms with Crippen LogP contribution in [0.5, 0.6) is 0 Å². The van der Waals surface area contributed by atoms with Crippen molar-refractivity contribution in [2.45, 2.75) is 6.17 Å². The largest absolute Gasteiger partial charge is 0.454 e. The maximum atomic E-state index is 6.53. The third-order valence-corrected chi connectivity index (χ3v) is 6.30. The van der Waals surface area contributed by atoms with Gasteiger partial charge in [0.25, 0.3) is 0 Å². The van der Waals surface area contributed by atoms with Gasteiger partial charge in [0.15, 0.2) is 11.4 Å². The van der Waals surface area contributed by atoms with Gasteiger partial charge in [-0.05, 0) is 23.8 Å². The molecule has 4 aromatic carbocycles. The minimum absolute atomic E-state index is 0.210. The summed E-state index contributed by atoms with van der Waals surface area (Å²) in [5.41, 5.74) is 4.49. The second kappa shape index (κ2) is 7.91. The summed E-state index contributed by atoms with van der Waals surface area (Å²) in [4.78, 5) is 12.3. The zero-order valence-electron chi connectivity index (χ0n) is 17.9. The molecule has 160 valence electrons.